The van der Waals surface area contributed by atoms with Crippen LogP contribution in [0.4, 0.5) is 22.7 Å². The maximum Gasteiger partial charge on any atom is 0.294 e. The number of hydrogen-bond acceptors (Lipinski definition) is 9. The molecule has 0 fully saturated rings. The highest BCUT2D eigenvalue weighted by Gasteiger charge is 2.35. The quantitative estimate of drug-likeness (QED) is 0.147. The van der Waals surface area contributed by atoms with Gasteiger partial charge >= 0.3 is 0 Å². The van der Waals surface area contributed by atoms with Crippen LogP contribution in [0.3, 0.4) is 0 Å². The minimum Gasteiger partial charge on any atom is -0.507 e. The molecule has 0 unspecified atom stereocenters. The monoisotopic (exact) mass is 566 g/mol. The third-order valence-corrected chi connectivity index (χ3v) is 7.69. The number of nitrogens with one attached hydrogen (secondary N) is 2. The zero-order valence-electron chi connectivity index (χ0n) is 19.6. The Kier molecular flexibility index (Phi) is 6.23. The van der Waals surface area contributed by atoms with Crippen molar-refractivity contribution in [2.45, 2.75) is 9.79 Å². The summed E-state index contributed by atoms with van der Waals surface area (Å²) in [4.78, 5) is 26.1. The number of anilines is 4. The molecule has 1 aliphatic carbocycles. The van der Waals surface area contributed by atoms with E-state index in [-0.39, 0.29) is 45.0 Å². The van der Waals surface area contributed by atoms with Crippen LogP contribution >= 0.6 is 0 Å². The van der Waals surface area contributed by atoms with Gasteiger partial charge in [0.2, 0.25) is 0 Å². The number of carbonyl (C=O) groups is 2. The van der Waals surface area contributed by atoms with Gasteiger partial charge in [-0.15, -0.1) is 0 Å². The van der Waals surface area contributed by atoms with Gasteiger partial charge in [0, 0.05) is 28.6 Å². The minimum absolute atomic E-state index is 0.0107. The number of aromatic hydroxyl groups is 1. The van der Waals surface area contributed by atoms with Crippen molar-refractivity contribution < 1.29 is 40.6 Å². The highest BCUT2D eigenvalue weighted by molar-refractivity contribution is 7.86. The van der Waals surface area contributed by atoms with Gasteiger partial charge in [0.05, 0.1) is 32.3 Å². The highest BCUT2D eigenvalue weighted by Crippen LogP contribution is 2.44. The first-order valence-electron chi connectivity index (χ1n) is 11.1. The Morgan fingerprint density at radius 2 is 1.08 bits per heavy atom. The second-order valence-electron chi connectivity index (χ2n) is 8.53. The zero-order valence-corrected chi connectivity index (χ0v) is 21.2. The smallest absolute Gasteiger partial charge is 0.294 e. The summed E-state index contributed by atoms with van der Waals surface area (Å²) in [5, 5.41) is 16.6. The summed E-state index contributed by atoms with van der Waals surface area (Å²) in [5.74, 6) is -1.77. The second kappa shape index (κ2) is 9.32. The fourth-order valence-corrected chi connectivity index (χ4v) is 5.32. The van der Waals surface area contributed by atoms with E-state index in [2.05, 4.69) is 10.6 Å². The van der Waals surface area contributed by atoms with Gasteiger partial charge in [0.15, 0.2) is 11.6 Å². The molecule has 0 atom stereocenters. The van der Waals surface area contributed by atoms with Gasteiger partial charge in [-0.2, -0.15) is 16.8 Å². The summed E-state index contributed by atoms with van der Waals surface area (Å²) in [5.41, 5.74) is -0.132. The molecule has 0 spiro atoms. The predicted molar refractivity (Wildman–Crippen MR) is 140 cm³/mol. The van der Waals surface area contributed by atoms with E-state index in [1.54, 1.807) is 12.1 Å². The molecule has 39 heavy (non-hydrogen) atoms. The van der Waals surface area contributed by atoms with Crippen LogP contribution in [-0.2, 0) is 20.2 Å². The summed E-state index contributed by atoms with van der Waals surface area (Å²) < 4.78 is 65.5. The van der Waals surface area contributed by atoms with E-state index in [1.807, 2.05) is 0 Å². The third kappa shape index (κ3) is 4.86. The molecule has 4 aromatic carbocycles. The van der Waals surface area contributed by atoms with Crippen molar-refractivity contribution in [3.63, 3.8) is 0 Å². The molecule has 11 nitrogen and oxygen atoms in total. The van der Waals surface area contributed by atoms with Gasteiger partial charge in [-0.3, -0.25) is 18.7 Å². The third-order valence-electron chi connectivity index (χ3n) is 5.99. The minimum atomic E-state index is -4.58. The number of phenols is 1. The van der Waals surface area contributed by atoms with Gasteiger partial charge in [0.1, 0.15) is 5.75 Å². The van der Waals surface area contributed by atoms with Crippen LogP contribution < -0.4 is 10.6 Å². The predicted octanol–water partition coefficient (Wildman–Crippen LogP) is 4.15. The van der Waals surface area contributed by atoms with E-state index in [0.29, 0.717) is 0 Å². The van der Waals surface area contributed by atoms with E-state index < -0.39 is 47.3 Å². The van der Waals surface area contributed by atoms with Crippen LogP contribution in [0.15, 0.2) is 88.7 Å². The molecule has 0 bridgehead atoms. The van der Waals surface area contributed by atoms with Crippen LogP contribution in [0.2, 0.25) is 0 Å². The molecule has 13 heteroatoms. The zero-order chi connectivity index (χ0) is 28.1. The van der Waals surface area contributed by atoms with Gasteiger partial charge in [-0.1, -0.05) is 36.4 Å². The first-order chi connectivity index (χ1) is 18.3. The lowest BCUT2D eigenvalue weighted by Crippen LogP contribution is -2.23. The Morgan fingerprint density at radius 1 is 0.590 bits per heavy atom. The average Bonchev–Trinajstić information content (AvgIpc) is 2.88. The van der Waals surface area contributed by atoms with E-state index >= 15 is 0 Å². The maximum atomic E-state index is 13.7. The fourth-order valence-electron chi connectivity index (χ4n) is 4.27. The topological polar surface area (TPSA) is 187 Å². The molecule has 4 aromatic rings. The molecule has 0 radical (unpaired) electrons. The summed E-state index contributed by atoms with van der Waals surface area (Å²) in [6.45, 7) is 0. The fraction of sp³-hybridized carbons (Fsp3) is 0. The van der Waals surface area contributed by atoms with Crippen molar-refractivity contribution >= 4 is 54.6 Å². The molecule has 0 saturated heterocycles. The van der Waals surface area contributed by atoms with Crippen LogP contribution in [0.25, 0.3) is 0 Å². The number of ketones is 2. The lowest BCUT2D eigenvalue weighted by atomic mass is 9.82. The van der Waals surface area contributed by atoms with Gasteiger partial charge in [-0.05, 0) is 36.4 Å². The molecule has 5 N–H and O–H groups in total. The summed E-state index contributed by atoms with van der Waals surface area (Å²) in [6, 6.07) is 17.3. The van der Waals surface area contributed by atoms with Gasteiger partial charge in [0.25, 0.3) is 20.2 Å². The average molecular weight is 567 g/mol. The van der Waals surface area contributed by atoms with E-state index in [9.17, 15) is 40.6 Å². The second-order valence-corrected chi connectivity index (χ2v) is 11.4. The molecule has 0 amide bonds. The van der Waals surface area contributed by atoms with Gasteiger partial charge in [-0.25, -0.2) is 0 Å². The number of carbonyl (C=O) groups excluding carboxylic acids is 2. The van der Waals surface area contributed by atoms with Crippen LogP contribution in [0, 0.1) is 0 Å². The van der Waals surface area contributed by atoms with E-state index in [0.717, 1.165) is 30.3 Å². The maximum absolute atomic E-state index is 13.7. The van der Waals surface area contributed by atoms with Crippen molar-refractivity contribution in [3.05, 3.63) is 101 Å². The summed E-state index contributed by atoms with van der Waals surface area (Å²) >= 11 is 0. The highest BCUT2D eigenvalue weighted by atomic mass is 32.2. The summed E-state index contributed by atoms with van der Waals surface area (Å²) in [7, 11) is -9.13. The molecule has 0 aliphatic heterocycles. The Balaban J connectivity index is 1.73. The van der Waals surface area contributed by atoms with Crippen molar-refractivity contribution in [2.24, 2.45) is 0 Å². The lowest BCUT2D eigenvalue weighted by Gasteiger charge is -2.25. The Morgan fingerprint density at radius 3 is 1.59 bits per heavy atom. The SMILES string of the molecule is O=C1c2ccccc2C(=O)c2c(Nc3cccc(S(=O)(=O)O)c3)c(Nc3cccc(S(=O)(=O)O)c3)cc(O)c21. The summed E-state index contributed by atoms with van der Waals surface area (Å²) in [6.07, 6.45) is 0. The molecule has 198 valence electrons. The normalized spacial score (nSPS) is 13.0. The standard InChI is InChI=1S/C26H18N2O9S2/c29-21-13-20(27-14-5-3-7-16(11-14)38(32,33)34)24(28-15-6-4-8-17(12-15)39(35,36)37)23-22(21)25(30)18-9-1-2-10-19(18)26(23)31/h1-13,27-29H,(H,32,33,34)(H,35,36,37). The van der Waals surface area contributed by atoms with Crippen LogP contribution in [-0.4, -0.2) is 42.6 Å². The number of benzene rings is 4. The molecule has 0 saturated carbocycles. The molecular weight excluding hydrogens is 548 g/mol. The number of rotatable bonds is 6. The van der Waals surface area contributed by atoms with Crippen molar-refractivity contribution in [2.75, 3.05) is 10.6 Å². The van der Waals surface area contributed by atoms with Crippen molar-refractivity contribution in [3.8, 4) is 5.75 Å². The largest absolute Gasteiger partial charge is 0.507 e. The molecular formula is C26H18N2O9S2. The molecule has 5 rings (SSSR count). The molecule has 0 heterocycles. The molecule has 0 aromatic heterocycles. The van der Waals surface area contributed by atoms with E-state index in [4.69, 9.17) is 0 Å². The Hall–Kier alpha value is -4.56. The van der Waals surface area contributed by atoms with Gasteiger partial charge < -0.3 is 15.7 Å². The van der Waals surface area contributed by atoms with Crippen LogP contribution in [0.5, 0.6) is 5.75 Å². The number of hydrogen-bond donors (Lipinski definition) is 5. The number of fused-ring (bicyclic) bond motifs is 2. The van der Waals surface area contributed by atoms with Crippen LogP contribution in [0.1, 0.15) is 31.8 Å². The Labute approximate surface area is 222 Å². The van der Waals surface area contributed by atoms with Crippen molar-refractivity contribution in [1.82, 2.24) is 0 Å². The van der Waals surface area contributed by atoms with Crippen molar-refractivity contribution in [1.29, 1.82) is 0 Å². The first kappa shape index (κ1) is 26.1. The Bertz CT molecular complexity index is 1920. The number of phenolic OH excluding ortho intramolecular Hbond substituents is 1. The first-order valence-corrected chi connectivity index (χ1v) is 14.0. The molecule has 1 aliphatic rings. The lowest BCUT2D eigenvalue weighted by molar-refractivity contribution is 0.0977. The van der Waals surface area contributed by atoms with E-state index in [1.165, 1.54) is 36.4 Å².